The van der Waals surface area contributed by atoms with E-state index in [2.05, 4.69) is 15.6 Å². The number of hydrogen-bond acceptors (Lipinski definition) is 6. The van der Waals surface area contributed by atoms with Crippen molar-refractivity contribution < 1.29 is 4.74 Å². The molecule has 7 heteroatoms. The highest BCUT2D eigenvalue weighted by Crippen LogP contribution is 2.30. The van der Waals surface area contributed by atoms with Gasteiger partial charge in [-0.2, -0.15) is 0 Å². The third-order valence-electron chi connectivity index (χ3n) is 5.54. The number of pyridine rings is 2. The molecule has 0 radical (unpaired) electrons. The molecule has 1 aliphatic carbocycles. The van der Waals surface area contributed by atoms with Crippen molar-refractivity contribution in [3.8, 4) is 11.3 Å². The molecule has 150 valence electrons. The van der Waals surface area contributed by atoms with Crippen LogP contribution in [0.1, 0.15) is 38.5 Å². The third-order valence-corrected chi connectivity index (χ3v) is 5.84. The number of aromatic nitrogens is 2. The Balaban J connectivity index is 1.46. The average Bonchev–Trinajstić information content (AvgIpc) is 3.23. The third kappa shape index (κ3) is 4.93. The highest BCUT2D eigenvalue weighted by molar-refractivity contribution is 6.33. The van der Waals surface area contributed by atoms with E-state index in [1.54, 1.807) is 6.20 Å². The molecule has 28 heavy (non-hydrogen) atoms. The van der Waals surface area contributed by atoms with Crippen LogP contribution in [0.5, 0.6) is 0 Å². The maximum atomic E-state index is 6.44. The number of ether oxygens (including phenoxy) is 1. The second-order valence-corrected chi connectivity index (χ2v) is 8.14. The van der Waals surface area contributed by atoms with Gasteiger partial charge in [0.15, 0.2) is 0 Å². The molecule has 4 rings (SSSR count). The van der Waals surface area contributed by atoms with E-state index >= 15 is 0 Å². The van der Waals surface area contributed by atoms with Crippen molar-refractivity contribution in [2.75, 3.05) is 23.8 Å². The molecule has 2 aliphatic rings. The fourth-order valence-electron chi connectivity index (χ4n) is 3.89. The fourth-order valence-corrected chi connectivity index (χ4v) is 4.09. The van der Waals surface area contributed by atoms with Gasteiger partial charge in [-0.25, -0.2) is 9.97 Å². The van der Waals surface area contributed by atoms with Crippen molar-refractivity contribution in [3.63, 3.8) is 0 Å². The Morgan fingerprint density at radius 2 is 2.00 bits per heavy atom. The first-order chi connectivity index (χ1) is 13.7. The molecule has 1 saturated heterocycles. The van der Waals surface area contributed by atoms with E-state index in [-0.39, 0.29) is 6.10 Å². The van der Waals surface area contributed by atoms with E-state index < -0.39 is 0 Å². The van der Waals surface area contributed by atoms with Crippen LogP contribution in [-0.4, -0.2) is 41.3 Å². The van der Waals surface area contributed by atoms with Gasteiger partial charge in [0.25, 0.3) is 0 Å². The Kier molecular flexibility index (Phi) is 6.29. The lowest BCUT2D eigenvalue weighted by Crippen LogP contribution is -2.33. The molecular formula is C21H28ClN5O. The predicted molar refractivity (Wildman–Crippen MR) is 114 cm³/mol. The summed E-state index contributed by atoms with van der Waals surface area (Å²) < 4.78 is 5.67. The first-order valence-corrected chi connectivity index (χ1v) is 10.6. The van der Waals surface area contributed by atoms with Gasteiger partial charge in [0.1, 0.15) is 11.6 Å². The molecule has 0 amide bonds. The molecule has 2 fully saturated rings. The van der Waals surface area contributed by atoms with Crippen molar-refractivity contribution in [1.82, 2.24) is 9.97 Å². The first kappa shape index (κ1) is 19.4. The van der Waals surface area contributed by atoms with Crippen LogP contribution in [0.4, 0.5) is 11.6 Å². The van der Waals surface area contributed by atoms with Crippen LogP contribution in [0.25, 0.3) is 11.3 Å². The summed E-state index contributed by atoms with van der Waals surface area (Å²) in [7, 11) is 0. The Morgan fingerprint density at radius 1 is 1.14 bits per heavy atom. The zero-order valence-electron chi connectivity index (χ0n) is 16.0. The fraction of sp³-hybridized carbons (Fsp3) is 0.524. The SMILES string of the molecule is NC1CCC(Nc2cc(-c3cccc(NC[C@H]4CCCO4)n3)c(Cl)cn2)CC1. The van der Waals surface area contributed by atoms with Gasteiger partial charge in [-0.1, -0.05) is 17.7 Å². The summed E-state index contributed by atoms with van der Waals surface area (Å²) in [5, 5.41) is 7.51. The second-order valence-electron chi connectivity index (χ2n) is 7.73. The van der Waals surface area contributed by atoms with Crippen LogP contribution in [0, 0.1) is 0 Å². The van der Waals surface area contributed by atoms with Crippen LogP contribution in [0.2, 0.25) is 5.02 Å². The molecule has 0 spiro atoms. The summed E-state index contributed by atoms with van der Waals surface area (Å²) in [6, 6.07) is 8.67. The smallest absolute Gasteiger partial charge is 0.126 e. The lowest BCUT2D eigenvalue weighted by atomic mass is 9.92. The largest absolute Gasteiger partial charge is 0.376 e. The van der Waals surface area contributed by atoms with Crippen LogP contribution in [0.15, 0.2) is 30.5 Å². The summed E-state index contributed by atoms with van der Waals surface area (Å²) in [4.78, 5) is 9.19. The molecule has 1 atom stereocenters. The zero-order chi connectivity index (χ0) is 19.3. The normalized spacial score (nSPS) is 24.9. The minimum absolute atomic E-state index is 0.273. The molecule has 1 saturated carbocycles. The van der Waals surface area contributed by atoms with E-state index in [4.69, 9.17) is 27.1 Å². The maximum absolute atomic E-state index is 6.44. The number of nitrogens with one attached hydrogen (secondary N) is 2. The molecule has 1 aliphatic heterocycles. The Morgan fingerprint density at radius 3 is 2.79 bits per heavy atom. The van der Waals surface area contributed by atoms with Gasteiger partial charge in [-0.15, -0.1) is 0 Å². The van der Waals surface area contributed by atoms with Crippen molar-refractivity contribution >= 4 is 23.2 Å². The minimum Gasteiger partial charge on any atom is -0.376 e. The standard InChI is InChI=1S/C21H28ClN5O/c22-18-13-25-21(26-15-8-6-14(23)7-9-15)11-17(18)19-4-1-5-20(27-19)24-12-16-3-2-10-28-16/h1,4-5,11,13-16H,2-3,6-10,12,23H2,(H,24,27)(H,25,26)/t14?,15?,16-/m1/s1. The monoisotopic (exact) mass is 401 g/mol. The zero-order valence-corrected chi connectivity index (χ0v) is 16.8. The molecular weight excluding hydrogens is 374 g/mol. The van der Waals surface area contributed by atoms with Gasteiger partial charge in [0.05, 0.1) is 16.8 Å². The molecule has 3 heterocycles. The summed E-state index contributed by atoms with van der Waals surface area (Å²) in [6.45, 7) is 1.63. The number of nitrogens with zero attached hydrogens (tertiary/aromatic N) is 2. The van der Waals surface area contributed by atoms with Gasteiger partial charge in [0.2, 0.25) is 0 Å². The molecule has 4 N–H and O–H groups in total. The van der Waals surface area contributed by atoms with E-state index in [1.807, 2.05) is 24.3 Å². The van der Waals surface area contributed by atoms with Crippen molar-refractivity contribution in [1.29, 1.82) is 0 Å². The van der Waals surface area contributed by atoms with E-state index in [0.29, 0.717) is 17.1 Å². The summed E-state index contributed by atoms with van der Waals surface area (Å²) >= 11 is 6.44. The Labute approximate surface area is 171 Å². The van der Waals surface area contributed by atoms with E-state index in [9.17, 15) is 0 Å². The average molecular weight is 402 g/mol. The summed E-state index contributed by atoms with van der Waals surface area (Å²) in [6.07, 6.45) is 8.45. The lowest BCUT2D eigenvalue weighted by Gasteiger charge is -2.27. The second kappa shape index (κ2) is 9.07. The molecule has 0 aromatic carbocycles. The summed E-state index contributed by atoms with van der Waals surface area (Å²) in [5.74, 6) is 1.66. The van der Waals surface area contributed by atoms with Crippen molar-refractivity contribution in [2.45, 2.75) is 56.7 Å². The molecule has 2 aromatic rings. The topological polar surface area (TPSA) is 85.1 Å². The first-order valence-electron chi connectivity index (χ1n) is 10.2. The molecule has 2 aromatic heterocycles. The number of halogens is 1. The lowest BCUT2D eigenvalue weighted by molar-refractivity contribution is 0.120. The Hall–Kier alpha value is -1.89. The van der Waals surface area contributed by atoms with Crippen molar-refractivity contribution in [2.24, 2.45) is 5.73 Å². The molecule has 0 unspecified atom stereocenters. The van der Waals surface area contributed by atoms with E-state index in [1.165, 1.54) is 0 Å². The van der Waals surface area contributed by atoms with Crippen LogP contribution in [-0.2, 0) is 4.74 Å². The number of nitrogens with two attached hydrogens (primary N) is 1. The predicted octanol–water partition coefficient (Wildman–Crippen LogP) is 4.07. The maximum Gasteiger partial charge on any atom is 0.126 e. The molecule has 6 nitrogen and oxygen atoms in total. The highest BCUT2D eigenvalue weighted by Gasteiger charge is 2.19. The van der Waals surface area contributed by atoms with E-state index in [0.717, 1.165) is 74.6 Å². The van der Waals surface area contributed by atoms with Gasteiger partial charge >= 0.3 is 0 Å². The van der Waals surface area contributed by atoms with Crippen LogP contribution < -0.4 is 16.4 Å². The van der Waals surface area contributed by atoms with Gasteiger partial charge < -0.3 is 21.1 Å². The van der Waals surface area contributed by atoms with Gasteiger partial charge in [0, 0.05) is 37.0 Å². The quantitative estimate of drug-likeness (QED) is 0.676. The van der Waals surface area contributed by atoms with Crippen LogP contribution in [0.3, 0.4) is 0 Å². The van der Waals surface area contributed by atoms with Gasteiger partial charge in [-0.3, -0.25) is 0 Å². The highest BCUT2D eigenvalue weighted by atomic mass is 35.5. The number of rotatable bonds is 6. The Bertz CT molecular complexity index is 788. The minimum atomic E-state index is 0.273. The summed E-state index contributed by atoms with van der Waals surface area (Å²) in [5.41, 5.74) is 7.72. The number of hydrogen-bond donors (Lipinski definition) is 3. The number of anilines is 2. The van der Waals surface area contributed by atoms with Crippen molar-refractivity contribution in [3.05, 3.63) is 35.5 Å². The van der Waals surface area contributed by atoms with Gasteiger partial charge in [-0.05, 0) is 56.7 Å². The van der Waals surface area contributed by atoms with Crippen LogP contribution >= 0.6 is 11.6 Å². The molecule has 0 bridgehead atoms.